The first-order chi connectivity index (χ1) is 10.9. The zero-order valence-corrected chi connectivity index (χ0v) is 13.8. The quantitative estimate of drug-likeness (QED) is 0.721. The van der Waals surface area contributed by atoms with Crippen LogP contribution in [0.25, 0.3) is 10.6 Å². The minimum absolute atomic E-state index is 0.535. The van der Waals surface area contributed by atoms with E-state index in [2.05, 4.69) is 37.2 Å². The van der Waals surface area contributed by atoms with Crippen molar-refractivity contribution in [2.75, 3.05) is 6.54 Å². The van der Waals surface area contributed by atoms with Crippen LogP contribution >= 0.6 is 22.7 Å². The molecule has 3 aromatic heterocycles. The van der Waals surface area contributed by atoms with E-state index < -0.39 is 0 Å². The van der Waals surface area contributed by atoms with Gasteiger partial charge in [0.15, 0.2) is 0 Å². The summed E-state index contributed by atoms with van der Waals surface area (Å²) in [4.78, 5) is 11.3. The fourth-order valence-electron chi connectivity index (χ4n) is 2.96. The van der Waals surface area contributed by atoms with Gasteiger partial charge in [0.25, 0.3) is 0 Å². The van der Waals surface area contributed by atoms with Gasteiger partial charge < -0.3 is 0 Å². The fraction of sp³-hybridized carbons (Fsp3) is 0.400. The van der Waals surface area contributed by atoms with E-state index in [1.54, 1.807) is 35.3 Å². The molecule has 0 spiro atoms. The Morgan fingerprint density at radius 2 is 2.32 bits per heavy atom. The third-order valence-electron chi connectivity index (χ3n) is 4.05. The number of likely N-dealkylation sites (tertiary alicyclic amines) is 1. The molecule has 1 aliphatic rings. The number of aromatic nitrogens is 4. The Labute approximate surface area is 137 Å². The molecule has 0 amide bonds. The monoisotopic (exact) mass is 331 g/mol. The number of thiophene rings is 1. The van der Waals surface area contributed by atoms with E-state index in [1.807, 2.05) is 4.68 Å². The second-order valence-electron chi connectivity index (χ2n) is 5.54. The Morgan fingerprint density at radius 1 is 1.32 bits per heavy atom. The summed E-state index contributed by atoms with van der Waals surface area (Å²) < 4.78 is 1.93. The molecule has 5 nitrogen and oxygen atoms in total. The molecule has 1 aliphatic heterocycles. The maximum absolute atomic E-state index is 4.80. The zero-order chi connectivity index (χ0) is 14.8. The van der Waals surface area contributed by atoms with Gasteiger partial charge in [0.2, 0.25) is 0 Å². The third-order valence-corrected chi connectivity index (χ3v) is 5.67. The van der Waals surface area contributed by atoms with E-state index >= 15 is 0 Å². The number of hydrogen-bond acceptors (Lipinski definition) is 6. The molecule has 0 saturated carbocycles. The highest BCUT2D eigenvalue weighted by Gasteiger charge is 2.25. The summed E-state index contributed by atoms with van der Waals surface area (Å²) >= 11 is 3.46. The lowest BCUT2D eigenvalue weighted by Crippen LogP contribution is -2.32. The van der Waals surface area contributed by atoms with Crippen LogP contribution in [0, 0.1) is 0 Å². The van der Waals surface area contributed by atoms with Crippen molar-refractivity contribution < 1.29 is 0 Å². The summed E-state index contributed by atoms with van der Waals surface area (Å²) in [5.74, 6) is 0. The largest absolute Gasteiger partial charge is 0.293 e. The second-order valence-corrected chi connectivity index (χ2v) is 7.18. The molecular weight excluding hydrogens is 314 g/mol. The smallest absolute Gasteiger partial charge is 0.137 e. The Kier molecular flexibility index (Phi) is 4.01. The van der Waals surface area contributed by atoms with Crippen LogP contribution in [0.4, 0.5) is 0 Å². The Morgan fingerprint density at radius 3 is 3.14 bits per heavy atom. The minimum atomic E-state index is 0.535. The van der Waals surface area contributed by atoms with Gasteiger partial charge in [-0.25, -0.2) is 9.97 Å². The van der Waals surface area contributed by atoms with Crippen LogP contribution in [0.5, 0.6) is 0 Å². The van der Waals surface area contributed by atoms with Gasteiger partial charge in [-0.15, -0.1) is 11.3 Å². The highest BCUT2D eigenvalue weighted by Crippen LogP contribution is 2.27. The lowest BCUT2D eigenvalue weighted by atomic mass is 10.2. The van der Waals surface area contributed by atoms with Gasteiger partial charge in [0.05, 0.1) is 12.2 Å². The molecule has 0 bridgehead atoms. The van der Waals surface area contributed by atoms with Gasteiger partial charge in [0.1, 0.15) is 17.7 Å². The molecule has 7 heteroatoms. The fourth-order valence-corrected chi connectivity index (χ4v) is 4.48. The zero-order valence-electron chi connectivity index (χ0n) is 12.1. The molecule has 0 aromatic carbocycles. The first-order valence-corrected chi connectivity index (χ1v) is 9.24. The van der Waals surface area contributed by atoms with E-state index in [4.69, 9.17) is 4.98 Å². The molecule has 114 valence electrons. The van der Waals surface area contributed by atoms with Gasteiger partial charge in [-0.05, 0) is 30.8 Å². The predicted octanol–water partition coefficient (Wildman–Crippen LogP) is 3.13. The second kappa shape index (κ2) is 6.28. The summed E-state index contributed by atoms with van der Waals surface area (Å²) in [5.41, 5.74) is 2.42. The molecule has 0 unspecified atom stereocenters. The Bertz CT molecular complexity index is 704. The highest BCUT2D eigenvalue weighted by molar-refractivity contribution is 7.14. The van der Waals surface area contributed by atoms with E-state index in [9.17, 15) is 0 Å². The van der Waals surface area contributed by atoms with E-state index in [0.717, 1.165) is 24.6 Å². The standard InChI is InChI=1S/C15H17N5S2/c1-2-14(7-20-11-16-10-17-20)19(4-1)6-13-9-22-15(18-13)12-3-5-21-8-12/h3,5,8-11,14H,1-2,4,6-7H2/t14-/m0/s1. The van der Waals surface area contributed by atoms with Crippen molar-refractivity contribution in [3.63, 3.8) is 0 Å². The molecule has 4 rings (SSSR count). The molecule has 4 heterocycles. The lowest BCUT2D eigenvalue weighted by molar-refractivity contribution is 0.217. The molecule has 1 saturated heterocycles. The van der Waals surface area contributed by atoms with Crippen LogP contribution in [0.1, 0.15) is 18.5 Å². The van der Waals surface area contributed by atoms with Crippen molar-refractivity contribution >= 4 is 22.7 Å². The van der Waals surface area contributed by atoms with Gasteiger partial charge in [0, 0.05) is 28.9 Å². The van der Waals surface area contributed by atoms with Crippen molar-refractivity contribution in [1.82, 2.24) is 24.6 Å². The first kappa shape index (κ1) is 14.0. The van der Waals surface area contributed by atoms with Gasteiger partial charge in [-0.3, -0.25) is 9.58 Å². The molecule has 3 aromatic rings. The Balaban J connectivity index is 1.44. The predicted molar refractivity (Wildman–Crippen MR) is 88.9 cm³/mol. The lowest BCUT2D eigenvalue weighted by Gasteiger charge is -2.23. The average Bonchev–Trinajstić information content (AvgIpc) is 3.28. The number of nitrogens with zero attached hydrogens (tertiary/aromatic N) is 5. The van der Waals surface area contributed by atoms with E-state index in [-0.39, 0.29) is 0 Å². The highest BCUT2D eigenvalue weighted by atomic mass is 32.1. The van der Waals surface area contributed by atoms with Crippen molar-refractivity contribution in [2.45, 2.75) is 32.0 Å². The molecule has 0 radical (unpaired) electrons. The van der Waals surface area contributed by atoms with Crippen molar-refractivity contribution in [3.8, 4) is 10.6 Å². The first-order valence-electron chi connectivity index (χ1n) is 7.42. The molecule has 22 heavy (non-hydrogen) atoms. The van der Waals surface area contributed by atoms with E-state index in [1.165, 1.54) is 24.1 Å². The number of hydrogen-bond donors (Lipinski definition) is 0. The van der Waals surface area contributed by atoms with Crippen LogP contribution in [0.2, 0.25) is 0 Å². The van der Waals surface area contributed by atoms with Crippen molar-refractivity contribution in [2.24, 2.45) is 0 Å². The van der Waals surface area contributed by atoms with E-state index in [0.29, 0.717) is 6.04 Å². The van der Waals surface area contributed by atoms with Crippen molar-refractivity contribution in [1.29, 1.82) is 0 Å². The maximum Gasteiger partial charge on any atom is 0.137 e. The SMILES string of the molecule is c1ncn(C[C@@H]2CCCN2Cc2csc(-c3ccsc3)n2)n1. The molecular formula is C15H17N5S2. The molecule has 0 aliphatic carbocycles. The topological polar surface area (TPSA) is 46.8 Å². The summed E-state index contributed by atoms with van der Waals surface area (Å²) in [7, 11) is 0. The molecule has 1 fully saturated rings. The van der Waals surface area contributed by atoms with Crippen LogP contribution < -0.4 is 0 Å². The summed E-state index contributed by atoms with van der Waals surface area (Å²) in [5, 5.41) is 11.8. The normalized spacial score (nSPS) is 19.0. The van der Waals surface area contributed by atoms with Crippen molar-refractivity contribution in [3.05, 3.63) is 40.6 Å². The summed E-state index contributed by atoms with van der Waals surface area (Å²) in [6, 6.07) is 2.67. The van der Waals surface area contributed by atoms with Crippen LogP contribution in [0.3, 0.4) is 0 Å². The molecule has 1 atom stereocenters. The van der Waals surface area contributed by atoms with Crippen LogP contribution in [0.15, 0.2) is 34.9 Å². The number of thiazole rings is 1. The maximum atomic E-state index is 4.80. The molecule has 0 N–H and O–H groups in total. The van der Waals surface area contributed by atoms with Gasteiger partial charge in [-0.2, -0.15) is 16.4 Å². The third kappa shape index (κ3) is 2.97. The van der Waals surface area contributed by atoms with Crippen LogP contribution in [-0.2, 0) is 13.1 Å². The summed E-state index contributed by atoms with van der Waals surface area (Å²) in [6.45, 7) is 2.99. The van der Waals surface area contributed by atoms with Crippen LogP contribution in [-0.4, -0.2) is 37.2 Å². The Hall–Kier alpha value is -1.57. The van der Waals surface area contributed by atoms with Gasteiger partial charge in [-0.1, -0.05) is 0 Å². The average molecular weight is 331 g/mol. The number of rotatable bonds is 5. The summed E-state index contributed by atoms with van der Waals surface area (Å²) in [6.07, 6.45) is 5.88. The van der Waals surface area contributed by atoms with Gasteiger partial charge >= 0.3 is 0 Å². The minimum Gasteiger partial charge on any atom is -0.293 e.